The number of nitriles is 1. The Morgan fingerprint density at radius 3 is 2.42 bits per heavy atom. The molecule has 2 aromatic rings. The second kappa shape index (κ2) is 8.44. The lowest BCUT2D eigenvalue weighted by Crippen LogP contribution is -1.99. The molecule has 0 heterocycles. The Hall–Kier alpha value is -3.20. The summed E-state index contributed by atoms with van der Waals surface area (Å²) in [5.41, 5.74) is 2.02. The van der Waals surface area contributed by atoms with Crippen LogP contribution in [0.25, 0.3) is 0 Å². The van der Waals surface area contributed by atoms with Crippen molar-refractivity contribution in [1.82, 2.24) is 0 Å². The van der Waals surface area contributed by atoms with Crippen molar-refractivity contribution in [3.05, 3.63) is 53.1 Å². The average Bonchev–Trinajstić information content (AvgIpc) is 2.64. The molecule has 0 radical (unpaired) electrons. The van der Waals surface area contributed by atoms with Crippen LogP contribution in [0.15, 0.2) is 41.6 Å². The van der Waals surface area contributed by atoms with E-state index in [4.69, 9.17) is 24.3 Å². The molecule has 0 aliphatic heterocycles. The van der Waals surface area contributed by atoms with Crippen molar-refractivity contribution in [2.45, 2.75) is 6.61 Å². The third kappa shape index (κ3) is 3.76. The van der Waals surface area contributed by atoms with E-state index in [1.165, 1.54) is 13.3 Å². The Morgan fingerprint density at radius 1 is 1.00 bits per heavy atom. The zero-order chi connectivity index (χ0) is 17.4. The van der Waals surface area contributed by atoms with Gasteiger partial charge in [-0.1, -0.05) is 23.4 Å². The summed E-state index contributed by atoms with van der Waals surface area (Å²) < 4.78 is 15.9. The van der Waals surface area contributed by atoms with Crippen LogP contribution in [-0.4, -0.2) is 27.5 Å². The maximum atomic E-state index is 9.04. The van der Waals surface area contributed by atoms with E-state index in [1.807, 2.05) is 12.1 Å². The van der Waals surface area contributed by atoms with E-state index < -0.39 is 0 Å². The molecule has 0 amide bonds. The first-order valence-corrected chi connectivity index (χ1v) is 7.17. The third-order valence-electron chi connectivity index (χ3n) is 3.36. The molecule has 0 spiro atoms. The second-order valence-electron chi connectivity index (χ2n) is 4.70. The van der Waals surface area contributed by atoms with Gasteiger partial charge in [0.15, 0.2) is 11.5 Å². The van der Waals surface area contributed by atoms with Gasteiger partial charge in [-0.25, -0.2) is 0 Å². The van der Waals surface area contributed by atoms with Gasteiger partial charge in [-0.15, -0.1) is 0 Å². The summed E-state index contributed by atoms with van der Waals surface area (Å²) in [6.07, 6.45) is 1.52. The summed E-state index contributed by atoms with van der Waals surface area (Å²) in [5.74, 6) is 1.55. The van der Waals surface area contributed by atoms with Gasteiger partial charge in [-0.05, 0) is 18.2 Å². The molecule has 124 valence electrons. The van der Waals surface area contributed by atoms with E-state index >= 15 is 0 Å². The number of hydrogen-bond acceptors (Lipinski definition) is 6. The van der Waals surface area contributed by atoms with Crippen LogP contribution in [0, 0.1) is 11.3 Å². The zero-order valence-electron chi connectivity index (χ0n) is 13.8. The van der Waals surface area contributed by atoms with Crippen LogP contribution >= 0.6 is 0 Å². The van der Waals surface area contributed by atoms with Crippen molar-refractivity contribution < 1.29 is 19.0 Å². The molecule has 6 heteroatoms. The highest BCUT2D eigenvalue weighted by atomic mass is 16.6. The molecule has 0 N–H and O–H groups in total. The summed E-state index contributed by atoms with van der Waals surface area (Å²) >= 11 is 0. The number of methoxy groups -OCH3 is 3. The fourth-order valence-corrected chi connectivity index (χ4v) is 2.18. The van der Waals surface area contributed by atoms with Crippen molar-refractivity contribution in [3.8, 4) is 23.3 Å². The number of benzene rings is 2. The minimum atomic E-state index is 0.204. The van der Waals surface area contributed by atoms with Gasteiger partial charge in [0, 0.05) is 11.1 Å². The van der Waals surface area contributed by atoms with Gasteiger partial charge in [0.05, 0.1) is 39.2 Å². The molecule has 2 rings (SSSR count). The molecule has 0 saturated heterocycles. The van der Waals surface area contributed by atoms with E-state index in [0.717, 1.165) is 5.56 Å². The first-order valence-electron chi connectivity index (χ1n) is 7.17. The van der Waals surface area contributed by atoms with E-state index in [2.05, 4.69) is 11.2 Å². The Balaban J connectivity index is 2.13. The van der Waals surface area contributed by atoms with Crippen molar-refractivity contribution >= 4 is 6.21 Å². The Labute approximate surface area is 140 Å². The van der Waals surface area contributed by atoms with Crippen molar-refractivity contribution in [2.24, 2.45) is 5.16 Å². The van der Waals surface area contributed by atoms with Crippen molar-refractivity contribution in [2.75, 3.05) is 21.3 Å². The van der Waals surface area contributed by atoms with Crippen LogP contribution in [0.1, 0.15) is 16.7 Å². The van der Waals surface area contributed by atoms with Crippen LogP contribution in [0.5, 0.6) is 17.2 Å². The molecule has 0 unspecified atom stereocenters. The summed E-state index contributed by atoms with van der Waals surface area (Å²) in [4.78, 5) is 5.29. The van der Waals surface area contributed by atoms with Gasteiger partial charge in [0.1, 0.15) is 6.61 Å². The molecule has 0 fully saturated rings. The standard InChI is InChI=1S/C18H18N2O4/c1-21-16-9-8-14(17(22-2)18(16)23-3)11-20-24-12-15-7-5-4-6-13(15)10-19/h4-9,11H,12H2,1-3H3/b20-11-. The van der Waals surface area contributed by atoms with Gasteiger partial charge < -0.3 is 19.0 Å². The highest BCUT2D eigenvalue weighted by molar-refractivity contribution is 5.85. The second-order valence-corrected chi connectivity index (χ2v) is 4.70. The quantitative estimate of drug-likeness (QED) is 0.577. The molecular formula is C18H18N2O4. The lowest BCUT2D eigenvalue weighted by atomic mass is 10.1. The number of ether oxygens (including phenoxy) is 3. The predicted octanol–water partition coefficient (Wildman–Crippen LogP) is 3.13. The Bertz CT molecular complexity index is 766. The topological polar surface area (TPSA) is 73.1 Å². The monoisotopic (exact) mass is 326 g/mol. The SMILES string of the molecule is COc1ccc(/C=N\OCc2ccccc2C#N)c(OC)c1OC. The summed E-state index contributed by atoms with van der Waals surface area (Å²) in [5, 5.41) is 13.0. The Kier molecular flexibility index (Phi) is 6.03. The van der Waals surface area contributed by atoms with E-state index in [1.54, 1.807) is 38.5 Å². The normalized spacial score (nSPS) is 10.2. The van der Waals surface area contributed by atoms with E-state index in [9.17, 15) is 0 Å². The van der Waals surface area contributed by atoms with Crippen LogP contribution < -0.4 is 14.2 Å². The smallest absolute Gasteiger partial charge is 0.203 e. The molecule has 0 atom stereocenters. The van der Waals surface area contributed by atoms with Crippen molar-refractivity contribution in [3.63, 3.8) is 0 Å². The molecule has 0 aromatic heterocycles. The van der Waals surface area contributed by atoms with Gasteiger partial charge >= 0.3 is 0 Å². The van der Waals surface area contributed by atoms with Crippen LogP contribution in [0.4, 0.5) is 0 Å². The van der Waals surface area contributed by atoms with Crippen LogP contribution in [0.2, 0.25) is 0 Å². The molecule has 6 nitrogen and oxygen atoms in total. The molecule has 2 aromatic carbocycles. The lowest BCUT2D eigenvalue weighted by Gasteiger charge is -2.13. The molecule has 0 aliphatic rings. The fourth-order valence-electron chi connectivity index (χ4n) is 2.18. The van der Waals surface area contributed by atoms with Gasteiger partial charge in [-0.2, -0.15) is 5.26 Å². The fraction of sp³-hybridized carbons (Fsp3) is 0.222. The predicted molar refractivity (Wildman–Crippen MR) is 89.6 cm³/mol. The van der Waals surface area contributed by atoms with Crippen LogP contribution in [0.3, 0.4) is 0 Å². The number of rotatable bonds is 7. The zero-order valence-corrected chi connectivity index (χ0v) is 13.8. The van der Waals surface area contributed by atoms with Gasteiger partial charge in [0.2, 0.25) is 5.75 Å². The molecule has 0 aliphatic carbocycles. The first kappa shape index (κ1) is 17.2. The molecule has 0 saturated carbocycles. The van der Waals surface area contributed by atoms with Crippen molar-refractivity contribution in [1.29, 1.82) is 5.26 Å². The Morgan fingerprint density at radius 2 is 1.75 bits per heavy atom. The van der Waals surface area contributed by atoms with Gasteiger partial charge in [0.25, 0.3) is 0 Å². The number of nitrogens with zero attached hydrogens (tertiary/aromatic N) is 2. The highest BCUT2D eigenvalue weighted by Gasteiger charge is 2.14. The molecule has 0 bridgehead atoms. The third-order valence-corrected chi connectivity index (χ3v) is 3.36. The summed E-state index contributed by atoms with van der Waals surface area (Å²) in [6, 6.07) is 12.9. The molecule has 24 heavy (non-hydrogen) atoms. The average molecular weight is 326 g/mol. The van der Waals surface area contributed by atoms with E-state index in [-0.39, 0.29) is 6.61 Å². The first-order chi connectivity index (χ1) is 11.7. The number of hydrogen-bond donors (Lipinski definition) is 0. The summed E-state index contributed by atoms with van der Waals surface area (Å²) in [6.45, 7) is 0.204. The number of oxime groups is 1. The largest absolute Gasteiger partial charge is 0.493 e. The highest BCUT2D eigenvalue weighted by Crippen LogP contribution is 2.38. The minimum absolute atomic E-state index is 0.204. The van der Waals surface area contributed by atoms with Gasteiger partial charge in [-0.3, -0.25) is 0 Å². The van der Waals surface area contributed by atoms with Crippen LogP contribution in [-0.2, 0) is 11.4 Å². The maximum absolute atomic E-state index is 9.04. The summed E-state index contributed by atoms with van der Waals surface area (Å²) in [7, 11) is 4.63. The lowest BCUT2D eigenvalue weighted by molar-refractivity contribution is 0.132. The minimum Gasteiger partial charge on any atom is -0.493 e. The maximum Gasteiger partial charge on any atom is 0.203 e. The van der Waals surface area contributed by atoms with E-state index in [0.29, 0.717) is 28.4 Å². The molecular weight excluding hydrogens is 308 g/mol.